The van der Waals surface area contributed by atoms with Crippen LogP contribution >= 0.6 is 0 Å². The van der Waals surface area contributed by atoms with Crippen LogP contribution in [0.3, 0.4) is 0 Å². The van der Waals surface area contributed by atoms with Gasteiger partial charge in [0.25, 0.3) is 0 Å². The number of hydrogen-bond donors (Lipinski definition) is 0. The number of piperazine rings is 1. The number of carbonyl (C=O) groups is 1. The van der Waals surface area contributed by atoms with Crippen LogP contribution in [0.25, 0.3) is 0 Å². The predicted molar refractivity (Wildman–Crippen MR) is 67.7 cm³/mol. The van der Waals surface area contributed by atoms with Crippen LogP contribution in [0.5, 0.6) is 0 Å². The third-order valence-corrected chi connectivity index (χ3v) is 3.50. The molecule has 0 spiro atoms. The summed E-state index contributed by atoms with van der Waals surface area (Å²) in [4.78, 5) is 16.4. The first-order valence-corrected chi connectivity index (χ1v) is 6.54. The van der Waals surface area contributed by atoms with Crippen LogP contribution in [-0.4, -0.2) is 55.4 Å². The van der Waals surface area contributed by atoms with E-state index in [9.17, 15) is 4.79 Å². The van der Waals surface area contributed by atoms with Crippen molar-refractivity contribution in [2.24, 2.45) is 0 Å². The van der Waals surface area contributed by atoms with Crippen molar-refractivity contribution >= 4 is 5.78 Å². The van der Waals surface area contributed by atoms with Crippen molar-refractivity contribution in [1.82, 2.24) is 9.80 Å². The van der Waals surface area contributed by atoms with Gasteiger partial charge in [0, 0.05) is 38.5 Å². The molecule has 0 radical (unpaired) electrons. The zero-order valence-electron chi connectivity index (χ0n) is 11.0. The normalized spacial score (nSPS) is 23.6. The molecule has 94 valence electrons. The number of Topliss-reactive ketones (excluding diaryl/α,β-unsaturated/α-hetero) is 1. The molecule has 1 atom stereocenters. The minimum Gasteiger partial charge on any atom is -0.304 e. The highest BCUT2D eigenvalue weighted by Crippen LogP contribution is 2.12. The van der Waals surface area contributed by atoms with E-state index in [0.29, 0.717) is 11.8 Å². The van der Waals surface area contributed by atoms with E-state index in [1.807, 2.05) is 0 Å². The van der Waals surface area contributed by atoms with Crippen LogP contribution in [0.2, 0.25) is 0 Å². The van der Waals surface area contributed by atoms with E-state index < -0.39 is 0 Å². The van der Waals surface area contributed by atoms with E-state index in [-0.39, 0.29) is 0 Å². The number of unbranched alkanes of at least 4 members (excludes halogenated alkanes) is 2. The summed E-state index contributed by atoms with van der Waals surface area (Å²) in [5.74, 6) is 0.445. The summed E-state index contributed by atoms with van der Waals surface area (Å²) < 4.78 is 0. The molecule has 0 aromatic rings. The summed E-state index contributed by atoms with van der Waals surface area (Å²) in [6.07, 6.45) is 4.97. The van der Waals surface area contributed by atoms with Gasteiger partial charge in [-0.3, -0.25) is 4.79 Å². The Morgan fingerprint density at radius 1 is 1.25 bits per heavy atom. The van der Waals surface area contributed by atoms with Gasteiger partial charge in [-0.05, 0) is 20.5 Å². The molecule has 3 heteroatoms. The van der Waals surface area contributed by atoms with E-state index in [4.69, 9.17) is 0 Å². The van der Waals surface area contributed by atoms with Gasteiger partial charge < -0.3 is 9.80 Å². The van der Waals surface area contributed by atoms with E-state index in [0.717, 1.165) is 38.9 Å². The Bertz CT molecular complexity index is 218. The zero-order valence-corrected chi connectivity index (χ0v) is 11.0. The van der Waals surface area contributed by atoms with Gasteiger partial charge in [0.15, 0.2) is 0 Å². The summed E-state index contributed by atoms with van der Waals surface area (Å²) in [6.45, 7) is 5.42. The number of rotatable bonds is 6. The maximum Gasteiger partial charge on any atom is 0.134 e. The minimum absolute atomic E-state index is 0.438. The van der Waals surface area contributed by atoms with Gasteiger partial charge >= 0.3 is 0 Å². The lowest BCUT2D eigenvalue weighted by molar-refractivity contribution is -0.120. The molecule has 0 aromatic carbocycles. The van der Waals surface area contributed by atoms with Crippen LogP contribution in [0.4, 0.5) is 0 Å². The van der Waals surface area contributed by atoms with Gasteiger partial charge in [0.1, 0.15) is 5.78 Å². The van der Waals surface area contributed by atoms with Crippen LogP contribution in [-0.2, 0) is 4.79 Å². The molecule has 0 N–H and O–H groups in total. The molecule has 1 fully saturated rings. The van der Waals surface area contributed by atoms with Crippen LogP contribution in [0.15, 0.2) is 0 Å². The Balaban J connectivity index is 2.25. The molecule has 1 rings (SSSR count). The number of hydrogen-bond acceptors (Lipinski definition) is 3. The van der Waals surface area contributed by atoms with Crippen molar-refractivity contribution in [3.05, 3.63) is 0 Å². The second-order valence-electron chi connectivity index (χ2n) is 5.10. The van der Waals surface area contributed by atoms with Crippen molar-refractivity contribution < 1.29 is 4.79 Å². The molecule has 16 heavy (non-hydrogen) atoms. The van der Waals surface area contributed by atoms with Gasteiger partial charge in [-0.15, -0.1) is 0 Å². The van der Waals surface area contributed by atoms with Gasteiger partial charge in [0.05, 0.1) is 0 Å². The van der Waals surface area contributed by atoms with Crippen LogP contribution in [0.1, 0.15) is 39.0 Å². The summed E-state index contributed by atoms with van der Waals surface area (Å²) in [5, 5.41) is 0. The lowest BCUT2D eigenvalue weighted by Crippen LogP contribution is -2.50. The Hall–Kier alpha value is -0.410. The Labute approximate surface area is 99.8 Å². The molecule has 0 bridgehead atoms. The van der Waals surface area contributed by atoms with E-state index in [2.05, 4.69) is 30.8 Å². The minimum atomic E-state index is 0.438. The van der Waals surface area contributed by atoms with Crippen molar-refractivity contribution in [3.8, 4) is 0 Å². The fraction of sp³-hybridized carbons (Fsp3) is 0.923. The molecule has 0 aromatic heterocycles. The monoisotopic (exact) mass is 226 g/mol. The summed E-state index contributed by atoms with van der Waals surface area (Å²) in [6, 6.07) is 0.438. The van der Waals surface area contributed by atoms with Crippen LogP contribution < -0.4 is 0 Å². The highest BCUT2D eigenvalue weighted by atomic mass is 16.1. The molecule has 3 nitrogen and oxygen atoms in total. The molecule has 0 saturated carbocycles. The number of carbonyl (C=O) groups excluding carboxylic acids is 1. The van der Waals surface area contributed by atoms with Gasteiger partial charge in [-0.25, -0.2) is 0 Å². The SMILES string of the molecule is CCCCCC(=O)CC1CN(C)CCN1C. The smallest absolute Gasteiger partial charge is 0.134 e. The summed E-state index contributed by atoms with van der Waals surface area (Å²) in [7, 11) is 4.28. The molecule has 0 aliphatic carbocycles. The molecule has 1 saturated heterocycles. The quantitative estimate of drug-likeness (QED) is 0.645. The third kappa shape index (κ3) is 4.62. The van der Waals surface area contributed by atoms with Gasteiger partial charge in [0.2, 0.25) is 0 Å². The third-order valence-electron chi connectivity index (χ3n) is 3.50. The fourth-order valence-electron chi connectivity index (χ4n) is 2.26. The van der Waals surface area contributed by atoms with Gasteiger partial charge in [-0.1, -0.05) is 19.8 Å². The largest absolute Gasteiger partial charge is 0.304 e. The highest BCUT2D eigenvalue weighted by Gasteiger charge is 2.23. The lowest BCUT2D eigenvalue weighted by Gasteiger charge is -2.37. The molecule has 0 amide bonds. The first-order valence-electron chi connectivity index (χ1n) is 6.54. The first kappa shape index (κ1) is 13.7. The standard InChI is InChI=1S/C13H26N2O/c1-4-5-6-7-13(16)10-12-11-14(2)8-9-15(12)3/h12H,4-11H2,1-3H3. The van der Waals surface area contributed by atoms with Gasteiger partial charge in [-0.2, -0.15) is 0 Å². The maximum absolute atomic E-state index is 11.8. The number of likely N-dealkylation sites (N-methyl/N-ethyl adjacent to an activating group) is 2. The lowest BCUT2D eigenvalue weighted by atomic mass is 10.0. The molecular weight excluding hydrogens is 200 g/mol. The van der Waals surface area contributed by atoms with Crippen molar-refractivity contribution in [3.63, 3.8) is 0 Å². The maximum atomic E-state index is 11.8. The van der Waals surface area contributed by atoms with Crippen molar-refractivity contribution in [1.29, 1.82) is 0 Å². The number of nitrogens with zero attached hydrogens (tertiary/aromatic N) is 2. The summed E-state index contributed by atoms with van der Waals surface area (Å²) >= 11 is 0. The molecular formula is C13H26N2O. The number of ketones is 1. The predicted octanol–water partition coefficient (Wildman–Crippen LogP) is 1.77. The fourth-order valence-corrected chi connectivity index (χ4v) is 2.26. The van der Waals surface area contributed by atoms with Crippen molar-refractivity contribution in [2.75, 3.05) is 33.7 Å². The average Bonchev–Trinajstić information content (AvgIpc) is 2.24. The van der Waals surface area contributed by atoms with E-state index in [1.54, 1.807) is 0 Å². The zero-order chi connectivity index (χ0) is 12.0. The average molecular weight is 226 g/mol. The molecule has 1 aliphatic rings. The van der Waals surface area contributed by atoms with Crippen LogP contribution in [0, 0.1) is 0 Å². The second kappa shape index (κ2) is 7.02. The van der Waals surface area contributed by atoms with E-state index >= 15 is 0 Å². The Morgan fingerprint density at radius 2 is 2.00 bits per heavy atom. The highest BCUT2D eigenvalue weighted by molar-refractivity contribution is 5.79. The van der Waals surface area contributed by atoms with Crippen molar-refractivity contribution in [2.45, 2.75) is 45.1 Å². The topological polar surface area (TPSA) is 23.6 Å². The second-order valence-corrected chi connectivity index (χ2v) is 5.10. The first-order chi connectivity index (χ1) is 7.63. The molecule has 1 unspecified atom stereocenters. The molecule has 1 aliphatic heterocycles. The molecule has 1 heterocycles. The Kier molecular flexibility index (Phi) is 5.99. The van der Waals surface area contributed by atoms with E-state index in [1.165, 1.54) is 12.8 Å². The summed E-state index contributed by atoms with van der Waals surface area (Å²) in [5.41, 5.74) is 0. The Morgan fingerprint density at radius 3 is 2.69 bits per heavy atom.